The second-order valence-electron chi connectivity index (χ2n) is 6.66. The second kappa shape index (κ2) is 9.60. The van der Waals surface area contributed by atoms with Gasteiger partial charge in [-0.1, -0.05) is 42.1 Å². The van der Waals surface area contributed by atoms with Gasteiger partial charge >= 0.3 is 0 Å². The van der Waals surface area contributed by atoms with Gasteiger partial charge in [0, 0.05) is 19.2 Å². The Morgan fingerprint density at radius 2 is 1.83 bits per heavy atom. The summed E-state index contributed by atoms with van der Waals surface area (Å²) in [5.41, 5.74) is 2.08. The highest BCUT2D eigenvalue weighted by Gasteiger charge is 2.19. The standard InChI is InChI=1S/C22H26N4O2S/c1-5-26-21(18-11-13-19(28-4)14-12-18)23-24-22(26)29-15-20(27)25(3)16(2)17-9-7-6-8-10-17/h6-14,16H,5,15H2,1-4H3/t16-/m1/s1. The van der Waals surface area contributed by atoms with E-state index in [9.17, 15) is 4.79 Å². The first-order valence-electron chi connectivity index (χ1n) is 9.56. The van der Waals surface area contributed by atoms with Crippen LogP contribution in [0.4, 0.5) is 0 Å². The molecule has 0 radical (unpaired) electrons. The van der Waals surface area contributed by atoms with E-state index in [1.165, 1.54) is 11.8 Å². The van der Waals surface area contributed by atoms with Crippen molar-refractivity contribution >= 4 is 17.7 Å². The van der Waals surface area contributed by atoms with Crippen molar-refractivity contribution in [3.63, 3.8) is 0 Å². The number of hydrogen-bond donors (Lipinski definition) is 0. The molecule has 1 atom stereocenters. The molecule has 29 heavy (non-hydrogen) atoms. The Labute approximate surface area is 175 Å². The average Bonchev–Trinajstić information content (AvgIpc) is 3.19. The number of ether oxygens (including phenoxy) is 1. The van der Waals surface area contributed by atoms with Crippen LogP contribution in [0.3, 0.4) is 0 Å². The smallest absolute Gasteiger partial charge is 0.233 e. The molecule has 1 heterocycles. The van der Waals surface area contributed by atoms with Gasteiger partial charge in [0.15, 0.2) is 11.0 Å². The Kier molecular flexibility index (Phi) is 6.93. The monoisotopic (exact) mass is 410 g/mol. The molecule has 0 unspecified atom stereocenters. The Balaban J connectivity index is 1.68. The molecule has 0 spiro atoms. The number of thioether (sulfide) groups is 1. The topological polar surface area (TPSA) is 60.2 Å². The molecule has 2 aromatic carbocycles. The molecule has 1 amide bonds. The van der Waals surface area contributed by atoms with Gasteiger partial charge in [-0.3, -0.25) is 4.79 Å². The lowest BCUT2D eigenvalue weighted by molar-refractivity contribution is -0.128. The third-order valence-electron chi connectivity index (χ3n) is 4.96. The lowest BCUT2D eigenvalue weighted by atomic mass is 10.1. The van der Waals surface area contributed by atoms with Gasteiger partial charge in [0.25, 0.3) is 0 Å². The summed E-state index contributed by atoms with van der Waals surface area (Å²) in [4.78, 5) is 14.5. The quantitative estimate of drug-likeness (QED) is 0.519. The van der Waals surface area contributed by atoms with Crippen LogP contribution >= 0.6 is 11.8 Å². The number of carbonyl (C=O) groups excluding carboxylic acids is 1. The first kappa shape index (κ1) is 20.9. The van der Waals surface area contributed by atoms with Crippen LogP contribution in [0.25, 0.3) is 11.4 Å². The Morgan fingerprint density at radius 1 is 1.14 bits per heavy atom. The number of hydrogen-bond acceptors (Lipinski definition) is 5. The minimum atomic E-state index is 0.0169. The van der Waals surface area contributed by atoms with Gasteiger partial charge in [0.2, 0.25) is 5.91 Å². The lowest BCUT2D eigenvalue weighted by Crippen LogP contribution is -2.31. The van der Waals surface area contributed by atoms with Gasteiger partial charge in [0.1, 0.15) is 5.75 Å². The van der Waals surface area contributed by atoms with Gasteiger partial charge in [-0.2, -0.15) is 0 Å². The second-order valence-corrected chi connectivity index (χ2v) is 7.60. The van der Waals surface area contributed by atoms with Gasteiger partial charge in [0.05, 0.1) is 18.9 Å². The van der Waals surface area contributed by atoms with Crippen LogP contribution in [0.5, 0.6) is 5.75 Å². The summed E-state index contributed by atoms with van der Waals surface area (Å²) in [5, 5.41) is 9.40. The van der Waals surface area contributed by atoms with E-state index in [0.717, 1.165) is 34.4 Å². The molecule has 0 aliphatic rings. The summed E-state index contributed by atoms with van der Waals surface area (Å²) in [6.45, 7) is 4.81. The Bertz CT molecular complexity index is 941. The van der Waals surface area contributed by atoms with Crippen molar-refractivity contribution in [3.05, 3.63) is 60.2 Å². The molecule has 152 valence electrons. The van der Waals surface area contributed by atoms with Crippen LogP contribution in [-0.4, -0.2) is 45.5 Å². The van der Waals surface area contributed by atoms with Crippen molar-refractivity contribution in [2.75, 3.05) is 19.9 Å². The number of carbonyl (C=O) groups is 1. The summed E-state index contributed by atoms with van der Waals surface area (Å²) >= 11 is 1.42. The summed E-state index contributed by atoms with van der Waals surface area (Å²) in [6, 6.07) is 17.8. The van der Waals surface area contributed by atoms with E-state index in [-0.39, 0.29) is 11.9 Å². The molecule has 1 aromatic heterocycles. The SMILES string of the molecule is CCn1c(SCC(=O)N(C)[C@H](C)c2ccccc2)nnc1-c1ccc(OC)cc1. The number of rotatable bonds is 8. The zero-order valence-corrected chi connectivity index (χ0v) is 18.0. The first-order chi connectivity index (χ1) is 14.0. The number of benzene rings is 2. The summed E-state index contributed by atoms with van der Waals surface area (Å²) in [5.74, 6) is 1.96. The maximum atomic E-state index is 12.7. The minimum Gasteiger partial charge on any atom is -0.497 e. The number of amides is 1. The fourth-order valence-electron chi connectivity index (χ4n) is 3.03. The van der Waals surface area contributed by atoms with Gasteiger partial charge in [-0.15, -0.1) is 10.2 Å². The molecule has 3 rings (SSSR count). The summed E-state index contributed by atoms with van der Waals surface area (Å²) in [7, 11) is 3.48. The lowest BCUT2D eigenvalue weighted by Gasteiger charge is -2.25. The van der Waals surface area contributed by atoms with E-state index in [1.807, 2.05) is 80.1 Å². The molecule has 0 aliphatic carbocycles. The third kappa shape index (κ3) is 4.79. The molecule has 0 saturated heterocycles. The van der Waals surface area contributed by atoms with Crippen molar-refractivity contribution in [1.29, 1.82) is 0 Å². The van der Waals surface area contributed by atoms with E-state index >= 15 is 0 Å². The molecular formula is C22H26N4O2S. The van der Waals surface area contributed by atoms with Crippen molar-refractivity contribution in [2.45, 2.75) is 31.6 Å². The Hall–Kier alpha value is -2.80. The Morgan fingerprint density at radius 3 is 2.45 bits per heavy atom. The molecule has 0 fully saturated rings. The van der Waals surface area contributed by atoms with Crippen LogP contribution in [0.15, 0.2) is 59.8 Å². The van der Waals surface area contributed by atoms with Crippen molar-refractivity contribution in [2.24, 2.45) is 0 Å². The van der Waals surface area contributed by atoms with Crippen molar-refractivity contribution in [3.8, 4) is 17.1 Å². The molecule has 0 bridgehead atoms. The maximum Gasteiger partial charge on any atom is 0.233 e. The summed E-state index contributed by atoms with van der Waals surface area (Å²) < 4.78 is 7.24. The molecule has 3 aromatic rings. The molecule has 0 saturated carbocycles. The van der Waals surface area contributed by atoms with E-state index in [4.69, 9.17) is 4.74 Å². The number of methoxy groups -OCH3 is 1. The number of nitrogens with zero attached hydrogens (tertiary/aromatic N) is 4. The molecule has 6 nitrogen and oxygen atoms in total. The normalized spacial score (nSPS) is 11.9. The van der Waals surface area contributed by atoms with Crippen LogP contribution in [-0.2, 0) is 11.3 Å². The van der Waals surface area contributed by atoms with E-state index < -0.39 is 0 Å². The van der Waals surface area contributed by atoms with E-state index in [0.29, 0.717) is 5.75 Å². The van der Waals surface area contributed by atoms with Gasteiger partial charge < -0.3 is 14.2 Å². The number of aromatic nitrogens is 3. The largest absolute Gasteiger partial charge is 0.497 e. The fraction of sp³-hybridized carbons (Fsp3) is 0.318. The average molecular weight is 411 g/mol. The van der Waals surface area contributed by atoms with Crippen LogP contribution in [0.2, 0.25) is 0 Å². The minimum absolute atomic E-state index is 0.0169. The van der Waals surface area contributed by atoms with Crippen LogP contribution < -0.4 is 4.74 Å². The van der Waals surface area contributed by atoms with Gasteiger partial charge in [-0.25, -0.2) is 0 Å². The van der Waals surface area contributed by atoms with Crippen molar-refractivity contribution in [1.82, 2.24) is 19.7 Å². The molecule has 0 N–H and O–H groups in total. The molecule has 0 aliphatic heterocycles. The summed E-state index contributed by atoms with van der Waals surface area (Å²) in [6.07, 6.45) is 0. The molecule has 7 heteroatoms. The third-order valence-corrected chi connectivity index (χ3v) is 5.91. The molecular weight excluding hydrogens is 384 g/mol. The zero-order chi connectivity index (χ0) is 20.8. The highest BCUT2D eigenvalue weighted by atomic mass is 32.2. The van der Waals surface area contributed by atoms with E-state index in [2.05, 4.69) is 10.2 Å². The van der Waals surface area contributed by atoms with Crippen molar-refractivity contribution < 1.29 is 9.53 Å². The maximum absolute atomic E-state index is 12.7. The first-order valence-corrected chi connectivity index (χ1v) is 10.5. The van der Waals surface area contributed by atoms with Crippen LogP contribution in [0, 0.1) is 0 Å². The zero-order valence-electron chi connectivity index (χ0n) is 17.2. The predicted octanol–water partition coefficient (Wildman–Crippen LogP) is 4.29. The van der Waals surface area contributed by atoms with Gasteiger partial charge in [-0.05, 0) is 43.7 Å². The highest BCUT2D eigenvalue weighted by molar-refractivity contribution is 7.99. The predicted molar refractivity (Wildman–Crippen MR) is 116 cm³/mol. The highest BCUT2D eigenvalue weighted by Crippen LogP contribution is 2.26. The van der Waals surface area contributed by atoms with Crippen LogP contribution in [0.1, 0.15) is 25.5 Å². The van der Waals surface area contributed by atoms with E-state index in [1.54, 1.807) is 12.0 Å². The fourth-order valence-corrected chi connectivity index (χ4v) is 3.96.